The number of nitrogens with zero attached hydrogens (tertiary/aromatic N) is 6. The molecule has 1 atom stereocenters. The number of hydrogen-bond donors (Lipinski definition) is 0. The number of rotatable bonds is 7. The van der Waals surface area contributed by atoms with Gasteiger partial charge in [-0.3, -0.25) is 4.79 Å². The van der Waals surface area contributed by atoms with E-state index in [4.69, 9.17) is 14.7 Å². The number of piperazine rings is 1. The van der Waals surface area contributed by atoms with Crippen molar-refractivity contribution in [2.24, 2.45) is 0 Å². The molecule has 0 N–H and O–H groups in total. The fraction of sp³-hybridized carbons (Fsp3) is 0.357. The summed E-state index contributed by atoms with van der Waals surface area (Å²) in [6.45, 7) is 6.95. The number of methoxy groups -OCH3 is 1. The van der Waals surface area contributed by atoms with E-state index >= 15 is 0 Å². The highest BCUT2D eigenvalue weighted by molar-refractivity contribution is 5.97. The molecule has 1 aliphatic rings. The topological polar surface area (TPSA) is 76.4 Å². The molecule has 8 heteroatoms. The summed E-state index contributed by atoms with van der Waals surface area (Å²) in [6.07, 6.45) is 3.95. The van der Waals surface area contributed by atoms with Gasteiger partial charge in [-0.25, -0.2) is 14.6 Å². The summed E-state index contributed by atoms with van der Waals surface area (Å²) in [5, 5.41) is 5.61. The monoisotopic (exact) mass is 484 g/mol. The first kappa shape index (κ1) is 23.8. The van der Waals surface area contributed by atoms with Gasteiger partial charge in [-0.1, -0.05) is 50.6 Å². The van der Waals surface area contributed by atoms with Crippen molar-refractivity contribution < 1.29 is 9.53 Å². The Kier molecular flexibility index (Phi) is 6.84. The molecule has 1 fully saturated rings. The van der Waals surface area contributed by atoms with Crippen LogP contribution in [0.2, 0.25) is 0 Å². The van der Waals surface area contributed by atoms with E-state index in [9.17, 15) is 4.79 Å². The number of hydrogen-bond acceptors (Lipinski definition) is 6. The number of ether oxygens (including phenoxy) is 1. The molecule has 0 aliphatic carbocycles. The minimum absolute atomic E-state index is 0.00547. The van der Waals surface area contributed by atoms with Crippen LogP contribution in [0, 0.1) is 0 Å². The second-order valence-corrected chi connectivity index (χ2v) is 9.20. The first-order chi connectivity index (χ1) is 17.6. The molecule has 0 bridgehead atoms. The van der Waals surface area contributed by atoms with E-state index < -0.39 is 0 Å². The third kappa shape index (κ3) is 4.51. The molecule has 186 valence electrons. The molecule has 1 saturated heterocycles. The van der Waals surface area contributed by atoms with Crippen molar-refractivity contribution in [1.82, 2.24) is 24.6 Å². The van der Waals surface area contributed by atoms with Crippen LogP contribution in [-0.4, -0.2) is 63.8 Å². The summed E-state index contributed by atoms with van der Waals surface area (Å²) < 4.78 is 7.30. The second kappa shape index (κ2) is 10.4. The number of fused-ring (bicyclic) bond motifs is 1. The highest BCUT2D eigenvalue weighted by Crippen LogP contribution is 2.30. The lowest BCUT2D eigenvalue weighted by atomic mass is 10.1. The van der Waals surface area contributed by atoms with Crippen molar-refractivity contribution in [2.75, 3.05) is 38.2 Å². The third-order valence-corrected chi connectivity index (χ3v) is 6.79. The summed E-state index contributed by atoms with van der Waals surface area (Å²) in [4.78, 5) is 27.4. The highest BCUT2D eigenvalue weighted by Gasteiger charge is 2.27. The van der Waals surface area contributed by atoms with Crippen molar-refractivity contribution in [2.45, 2.75) is 32.6 Å². The summed E-state index contributed by atoms with van der Waals surface area (Å²) in [5.41, 5.74) is 2.38. The predicted molar refractivity (Wildman–Crippen MR) is 141 cm³/mol. The molecule has 0 radical (unpaired) electrons. The number of aromatic nitrogens is 4. The summed E-state index contributed by atoms with van der Waals surface area (Å²) in [7, 11) is 1.59. The summed E-state index contributed by atoms with van der Waals surface area (Å²) >= 11 is 0. The van der Waals surface area contributed by atoms with Gasteiger partial charge in [-0.05, 0) is 30.7 Å². The number of anilines is 1. The van der Waals surface area contributed by atoms with Crippen molar-refractivity contribution >= 4 is 22.8 Å². The second-order valence-electron chi connectivity index (χ2n) is 9.20. The number of carbonyl (C=O) groups is 1. The average molecular weight is 485 g/mol. The van der Waals surface area contributed by atoms with Crippen LogP contribution >= 0.6 is 0 Å². The van der Waals surface area contributed by atoms with Gasteiger partial charge >= 0.3 is 0 Å². The number of benzene rings is 2. The molecule has 1 aliphatic heterocycles. The molecule has 8 nitrogen and oxygen atoms in total. The molecule has 5 rings (SSSR count). The smallest absolute Gasteiger partial charge is 0.257 e. The van der Waals surface area contributed by atoms with Crippen LogP contribution in [0.4, 0.5) is 5.82 Å². The van der Waals surface area contributed by atoms with E-state index in [-0.39, 0.29) is 11.8 Å². The Bertz CT molecular complexity index is 1340. The Morgan fingerprint density at radius 1 is 1.00 bits per heavy atom. The Hall–Kier alpha value is -3.94. The van der Waals surface area contributed by atoms with Gasteiger partial charge in [0.25, 0.3) is 5.91 Å². The van der Waals surface area contributed by atoms with Gasteiger partial charge in [-0.2, -0.15) is 5.10 Å². The normalized spacial score (nSPS) is 14.8. The lowest BCUT2D eigenvalue weighted by molar-refractivity contribution is 0.0743. The van der Waals surface area contributed by atoms with Crippen molar-refractivity contribution in [3.63, 3.8) is 0 Å². The molecule has 3 heterocycles. The maximum absolute atomic E-state index is 13.2. The molecule has 36 heavy (non-hydrogen) atoms. The first-order valence-corrected chi connectivity index (χ1v) is 12.6. The maximum atomic E-state index is 13.2. The van der Waals surface area contributed by atoms with Crippen molar-refractivity contribution in [3.8, 4) is 11.4 Å². The quantitative estimate of drug-likeness (QED) is 0.379. The van der Waals surface area contributed by atoms with Crippen molar-refractivity contribution in [1.29, 1.82) is 0 Å². The Balaban J connectivity index is 1.45. The fourth-order valence-electron chi connectivity index (χ4n) is 4.80. The maximum Gasteiger partial charge on any atom is 0.257 e. The lowest BCUT2D eigenvalue weighted by Gasteiger charge is -2.36. The third-order valence-electron chi connectivity index (χ3n) is 6.79. The largest absolute Gasteiger partial charge is 0.496 e. The molecule has 4 aromatic rings. The molecule has 2 aromatic heterocycles. The van der Waals surface area contributed by atoms with E-state index in [0.29, 0.717) is 37.5 Å². The first-order valence-electron chi connectivity index (χ1n) is 12.6. The van der Waals surface area contributed by atoms with E-state index in [2.05, 4.69) is 23.8 Å². The Morgan fingerprint density at radius 2 is 1.72 bits per heavy atom. The highest BCUT2D eigenvalue weighted by atomic mass is 16.5. The van der Waals surface area contributed by atoms with Gasteiger partial charge in [0.15, 0.2) is 5.65 Å². The van der Waals surface area contributed by atoms with Crippen LogP contribution in [0.25, 0.3) is 16.7 Å². The van der Waals surface area contributed by atoms with Gasteiger partial charge in [0, 0.05) is 32.1 Å². The molecule has 0 spiro atoms. The molecule has 1 amide bonds. The standard InChI is InChI=1S/C28H32N6O2/c1-4-10-20(2)25-30-26(23-19-29-34(27(23)31-25)21-11-6-5-7-12-21)32-15-17-33(18-16-32)28(35)22-13-8-9-14-24(22)36-3/h5-9,11-14,19-20H,4,10,15-18H2,1-3H3/t20-/m1/s1. The minimum atomic E-state index is -0.00547. The van der Waals surface area contributed by atoms with Gasteiger partial charge in [0.2, 0.25) is 0 Å². The van der Waals surface area contributed by atoms with Crippen LogP contribution < -0.4 is 9.64 Å². The molecule has 0 saturated carbocycles. The fourth-order valence-corrected chi connectivity index (χ4v) is 4.80. The minimum Gasteiger partial charge on any atom is -0.496 e. The number of amides is 1. The van der Waals surface area contributed by atoms with E-state index in [1.807, 2.05) is 70.4 Å². The van der Waals surface area contributed by atoms with E-state index in [1.54, 1.807) is 7.11 Å². The average Bonchev–Trinajstić information content (AvgIpc) is 3.37. The van der Waals surface area contributed by atoms with Gasteiger partial charge in [0.05, 0.1) is 29.9 Å². The molecular weight excluding hydrogens is 452 g/mol. The van der Waals surface area contributed by atoms with E-state index in [1.165, 1.54) is 0 Å². The molecule has 2 aromatic carbocycles. The van der Waals surface area contributed by atoms with Crippen LogP contribution in [-0.2, 0) is 0 Å². The zero-order chi connectivity index (χ0) is 25.1. The van der Waals surface area contributed by atoms with Crippen LogP contribution in [0.15, 0.2) is 60.8 Å². The molecule has 0 unspecified atom stereocenters. The number of carbonyl (C=O) groups excluding carboxylic acids is 1. The van der Waals surface area contributed by atoms with Crippen LogP contribution in [0.1, 0.15) is 48.8 Å². The Labute approximate surface area is 211 Å². The van der Waals surface area contributed by atoms with Crippen molar-refractivity contribution in [3.05, 3.63) is 72.2 Å². The Morgan fingerprint density at radius 3 is 2.44 bits per heavy atom. The number of para-hydroxylation sites is 2. The molecular formula is C28H32N6O2. The summed E-state index contributed by atoms with van der Waals surface area (Å²) in [5.74, 6) is 2.57. The SMILES string of the molecule is CCC[C@@H](C)c1nc(N2CCN(C(=O)c3ccccc3OC)CC2)c2cnn(-c3ccccc3)c2n1. The predicted octanol–water partition coefficient (Wildman–Crippen LogP) is 4.69. The van der Waals surface area contributed by atoms with Gasteiger partial charge in [-0.15, -0.1) is 0 Å². The van der Waals surface area contributed by atoms with Crippen LogP contribution in [0.3, 0.4) is 0 Å². The van der Waals surface area contributed by atoms with Gasteiger partial charge < -0.3 is 14.5 Å². The van der Waals surface area contributed by atoms with Crippen LogP contribution in [0.5, 0.6) is 5.75 Å². The summed E-state index contributed by atoms with van der Waals surface area (Å²) in [6, 6.07) is 17.5. The van der Waals surface area contributed by atoms with E-state index in [0.717, 1.165) is 41.2 Å². The lowest BCUT2D eigenvalue weighted by Crippen LogP contribution is -2.49. The zero-order valence-corrected chi connectivity index (χ0v) is 21.1. The zero-order valence-electron chi connectivity index (χ0n) is 21.1. The van der Waals surface area contributed by atoms with Gasteiger partial charge in [0.1, 0.15) is 17.4 Å².